The highest BCUT2D eigenvalue weighted by Crippen LogP contribution is 2.34. The number of thiocarbonyl (C=S) groups is 1. The van der Waals surface area contributed by atoms with Crippen LogP contribution in [0.1, 0.15) is 29.2 Å². The molecule has 0 aromatic heterocycles. The highest BCUT2D eigenvalue weighted by Gasteiger charge is 2.28. The van der Waals surface area contributed by atoms with Gasteiger partial charge in [-0.2, -0.15) is 0 Å². The molecule has 0 bridgehead atoms. The van der Waals surface area contributed by atoms with Crippen LogP contribution in [0.25, 0.3) is 0 Å². The number of ether oxygens (including phenoxy) is 1. The zero-order valence-corrected chi connectivity index (χ0v) is 14.8. The topological polar surface area (TPSA) is 36.9 Å². The van der Waals surface area contributed by atoms with Gasteiger partial charge in [0, 0.05) is 6.54 Å². The maximum absolute atomic E-state index is 5.76. The number of rotatable bonds is 3. The molecule has 0 amide bonds. The number of hydrogen-bond acceptors (Lipinski definition) is 3. The van der Waals surface area contributed by atoms with Gasteiger partial charge < -0.3 is 10.1 Å². The number of hydrogen-bond donors (Lipinski definition) is 1. The van der Waals surface area contributed by atoms with Crippen molar-refractivity contribution in [3.63, 3.8) is 0 Å². The molecule has 2 aromatic carbocycles. The van der Waals surface area contributed by atoms with Gasteiger partial charge in [0.15, 0.2) is 5.11 Å². The molecule has 0 unspecified atom stereocenters. The summed E-state index contributed by atoms with van der Waals surface area (Å²) >= 11 is 5.56. The fourth-order valence-corrected chi connectivity index (χ4v) is 3.61. The minimum Gasteiger partial charge on any atom is -0.463 e. The molecule has 1 aliphatic carbocycles. The molecule has 1 atom stereocenters. The van der Waals surface area contributed by atoms with Gasteiger partial charge in [-0.3, -0.25) is 4.90 Å². The van der Waals surface area contributed by atoms with Gasteiger partial charge in [0.05, 0.1) is 12.6 Å². The van der Waals surface area contributed by atoms with E-state index in [2.05, 4.69) is 41.7 Å². The van der Waals surface area contributed by atoms with Crippen molar-refractivity contribution in [2.45, 2.75) is 25.4 Å². The molecule has 1 fully saturated rings. The van der Waals surface area contributed by atoms with E-state index in [0.717, 1.165) is 19.4 Å². The molecule has 4 nitrogen and oxygen atoms in total. The Morgan fingerprint density at radius 3 is 2.84 bits per heavy atom. The number of aryl methyl sites for hydroxylation is 1. The van der Waals surface area contributed by atoms with Crippen LogP contribution in [-0.4, -0.2) is 29.2 Å². The molecule has 5 heteroatoms. The first-order chi connectivity index (χ1) is 12.3. The van der Waals surface area contributed by atoms with Crippen molar-refractivity contribution in [3.05, 3.63) is 71.3 Å². The zero-order chi connectivity index (χ0) is 17.1. The van der Waals surface area contributed by atoms with Crippen molar-refractivity contribution in [1.29, 1.82) is 0 Å². The van der Waals surface area contributed by atoms with Crippen LogP contribution in [0.15, 0.2) is 59.6 Å². The molecule has 1 saturated heterocycles. The third-order valence-electron chi connectivity index (χ3n) is 4.68. The molecule has 4 rings (SSSR count). The highest BCUT2D eigenvalue weighted by atomic mass is 32.1. The highest BCUT2D eigenvalue weighted by molar-refractivity contribution is 7.80. The predicted molar refractivity (Wildman–Crippen MR) is 103 cm³/mol. The lowest BCUT2D eigenvalue weighted by Crippen LogP contribution is -2.40. The van der Waals surface area contributed by atoms with Crippen molar-refractivity contribution in [2.75, 3.05) is 13.2 Å². The maximum atomic E-state index is 5.76. The van der Waals surface area contributed by atoms with Gasteiger partial charge in [-0.1, -0.05) is 54.6 Å². The SMILES string of the molecule is S=C(NCc1ccccc1)N1CCO/C1=N/[C@H]1CCc2ccccc21. The second-order valence-corrected chi connectivity index (χ2v) is 6.70. The summed E-state index contributed by atoms with van der Waals surface area (Å²) in [5.41, 5.74) is 3.91. The van der Waals surface area contributed by atoms with Gasteiger partial charge in [0.25, 0.3) is 6.02 Å². The van der Waals surface area contributed by atoms with Gasteiger partial charge in [0.1, 0.15) is 6.61 Å². The molecule has 1 N–H and O–H groups in total. The second kappa shape index (κ2) is 7.23. The van der Waals surface area contributed by atoms with Crippen molar-refractivity contribution in [1.82, 2.24) is 10.2 Å². The molecule has 0 spiro atoms. The van der Waals surface area contributed by atoms with E-state index in [1.54, 1.807) is 0 Å². The van der Waals surface area contributed by atoms with Gasteiger partial charge in [-0.05, 0) is 41.7 Å². The Balaban J connectivity index is 1.44. The first-order valence-electron chi connectivity index (χ1n) is 8.69. The van der Waals surface area contributed by atoms with Crippen LogP contribution in [-0.2, 0) is 17.7 Å². The molecule has 1 heterocycles. The van der Waals surface area contributed by atoms with Gasteiger partial charge in [-0.25, -0.2) is 4.99 Å². The Morgan fingerprint density at radius 2 is 1.96 bits per heavy atom. The van der Waals surface area contributed by atoms with E-state index in [-0.39, 0.29) is 6.04 Å². The monoisotopic (exact) mass is 351 g/mol. The van der Waals surface area contributed by atoms with E-state index < -0.39 is 0 Å². The quantitative estimate of drug-likeness (QED) is 0.860. The second-order valence-electron chi connectivity index (χ2n) is 6.31. The molecule has 2 aliphatic rings. The molecule has 1 aliphatic heterocycles. The van der Waals surface area contributed by atoms with Crippen molar-refractivity contribution in [2.24, 2.45) is 4.99 Å². The summed E-state index contributed by atoms with van der Waals surface area (Å²) in [5, 5.41) is 3.98. The largest absolute Gasteiger partial charge is 0.463 e. The summed E-state index contributed by atoms with van der Waals surface area (Å²) < 4.78 is 5.76. The van der Waals surface area contributed by atoms with Crippen LogP contribution in [0.5, 0.6) is 0 Å². The number of nitrogens with one attached hydrogen (secondary N) is 1. The first-order valence-corrected chi connectivity index (χ1v) is 9.10. The normalized spacial score (nSPS) is 20.4. The van der Waals surface area contributed by atoms with Crippen LogP contribution < -0.4 is 5.32 Å². The molecule has 25 heavy (non-hydrogen) atoms. The Bertz CT molecular complexity index is 791. The molecule has 0 radical (unpaired) electrons. The van der Waals surface area contributed by atoms with E-state index in [1.165, 1.54) is 16.7 Å². The number of nitrogens with zero attached hydrogens (tertiary/aromatic N) is 2. The summed E-state index contributed by atoms with van der Waals surface area (Å²) in [4.78, 5) is 6.84. The Morgan fingerprint density at radius 1 is 1.16 bits per heavy atom. The van der Waals surface area contributed by atoms with Crippen molar-refractivity contribution < 1.29 is 4.74 Å². The Kier molecular flexibility index (Phi) is 4.65. The lowest BCUT2D eigenvalue weighted by molar-refractivity contribution is 0.348. The number of benzene rings is 2. The zero-order valence-electron chi connectivity index (χ0n) is 14.0. The lowest BCUT2D eigenvalue weighted by Gasteiger charge is -2.19. The van der Waals surface area contributed by atoms with Crippen LogP contribution >= 0.6 is 12.2 Å². The standard InChI is InChI=1S/C20H21N3OS/c25-20(21-14-15-6-2-1-3-7-15)23-12-13-24-19(23)22-18-11-10-16-8-4-5-9-17(16)18/h1-9,18H,10-14H2,(H,21,25)/b22-19+/t18-/m0/s1. The van der Waals surface area contributed by atoms with Crippen LogP contribution in [0.4, 0.5) is 0 Å². The molecule has 0 saturated carbocycles. The fraction of sp³-hybridized carbons (Fsp3) is 0.300. The molecular formula is C20H21N3OS. The van der Waals surface area contributed by atoms with Crippen LogP contribution in [0, 0.1) is 0 Å². The fourth-order valence-electron chi connectivity index (χ4n) is 3.37. The third-order valence-corrected chi connectivity index (χ3v) is 5.04. The van der Waals surface area contributed by atoms with Crippen molar-refractivity contribution in [3.8, 4) is 0 Å². The van der Waals surface area contributed by atoms with E-state index in [0.29, 0.717) is 24.3 Å². The summed E-state index contributed by atoms with van der Waals surface area (Å²) in [5.74, 6) is 0. The summed E-state index contributed by atoms with van der Waals surface area (Å²) in [7, 11) is 0. The third kappa shape index (κ3) is 3.51. The summed E-state index contributed by atoms with van der Waals surface area (Å²) in [6.45, 7) is 2.07. The predicted octanol–water partition coefficient (Wildman–Crippen LogP) is 3.44. The maximum Gasteiger partial charge on any atom is 0.294 e. The molecule has 2 aromatic rings. The van der Waals surface area contributed by atoms with E-state index >= 15 is 0 Å². The van der Waals surface area contributed by atoms with E-state index in [4.69, 9.17) is 21.9 Å². The van der Waals surface area contributed by atoms with Gasteiger partial charge >= 0.3 is 0 Å². The Hall–Kier alpha value is -2.40. The molecular weight excluding hydrogens is 330 g/mol. The smallest absolute Gasteiger partial charge is 0.294 e. The van der Waals surface area contributed by atoms with Crippen molar-refractivity contribution >= 4 is 23.4 Å². The first kappa shape index (κ1) is 16.1. The van der Waals surface area contributed by atoms with Crippen LogP contribution in [0.3, 0.4) is 0 Å². The average molecular weight is 351 g/mol. The lowest BCUT2D eigenvalue weighted by atomic mass is 10.1. The number of fused-ring (bicyclic) bond motifs is 1. The van der Waals surface area contributed by atoms with E-state index in [9.17, 15) is 0 Å². The minimum atomic E-state index is 0.170. The summed E-state index contributed by atoms with van der Waals surface area (Å²) in [6.07, 6.45) is 2.11. The van der Waals surface area contributed by atoms with Gasteiger partial charge in [0.2, 0.25) is 0 Å². The molecule has 128 valence electrons. The van der Waals surface area contributed by atoms with E-state index in [1.807, 2.05) is 23.1 Å². The minimum absolute atomic E-state index is 0.170. The number of amidine groups is 1. The average Bonchev–Trinajstić information content (AvgIpc) is 3.28. The van der Waals surface area contributed by atoms with Gasteiger partial charge in [-0.15, -0.1) is 0 Å². The Labute approximate surface area is 153 Å². The summed E-state index contributed by atoms with van der Waals surface area (Å²) in [6, 6.07) is 19.6. The number of aliphatic imine (C=N–C) groups is 1. The van der Waals surface area contributed by atoms with Crippen LogP contribution in [0.2, 0.25) is 0 Å².